The molecule has 0 saturated carbocycles. The summed E-state index contributed by atoms with van der Waals surface area (Å²) in [5.41, 5.74) is 1.28. The lowest BCUT2D eigenvalue weighted by Gasteiger charge is -2.04. The number of thioether (sulfide) groups is 2. The highest BCUT2D eigenvalue weighted by Crippen LogP contribution is 2.28. The smallest absolute Gasteiger partial charge is 0.183 e. The van der Waals surface area contributed by atoms with Crippen molar-refractivity contribution in [2.24, 2.45) is 4.99 Å². The Labute approximate surface area is 147 Å². The summed E-state index contributed by atoms with van der Waals surface area (Å²) >= 11 is 10.8. The molecule has 0 aliphatic carbocycles. The Morgan fingerprint density at radius 1 is 1.36 bits per heavy atom. The number of benzene rings is 1. The second-order valence-corrected chi connectivity index (χ2v) is 7.45. The first kappa shape index (κ1) is 17.2. The van der Waals surface area contributed by atoms with E-state index in [9.17, 15) is 0 Å². The van der Waals surface area contributed by atoms with Crippen LogP contribution in [-0.4, -0.2) is 11.4 Å². The molecule has 1 heterocycles. The molecule has 0 aliphatic heterocycles. The molecule has 0 aliphatic rings. The van der Waals surface area contributed by atoms with E-state index in [4.69, 9.17) is 16.9 Å². The minimum atomic E-state index is 0.596. The van der Waals surface area contributed by atoms with Crippen LogP contribution in [-0.2, 0) is 12.3 Å². The highest BCUT2D eigenvalue weighted by molar-refractivity contribution is 8.13. The number of nitrogens with one attached hydrogen (secondary N) is 1. The van der Waals surface area contributed by atoms with E-state index in [0.29, 0.717) is 11.7 Å². The van der Waals surface area contributed by atoms with Crippen LogP contribution in [0.3, 0.4) is 0 Å². The van der Waals surface area contributed by atoms with E-state index >= 15 is 0 Å². The number of aliphatic imine (C=N–C) groups is 1. The summed E-state index contributed by atoms with van der Waals surface area (Å²) in [5.74, 6) is 0.899. The lowest BCUT2D eigenvalue weighted by atomic mass is 10.3. The fraction of sp³-hybridized carbons (Fsp3) is 0.200. The molecule has 0 radical (unpaired) electrons. The standard InChI is InChI=1S/C15H14ClN3S3/c1-20-15(19-10-17)18-8-14-11(6-7-21-14)9-22-13-4-2-12(16)3-5-13/h2-7H,8-9H2,1H3,(H,18,19). The van der Waals surface area contributed by atoms with Gasteiger partial charge in [-0.1, -0.05) is 23.4 Å². The molecule has 0 spiro atoms. The zero-order valence-electron chi connectivity index (χ0n) is 11.9. The van der Waals surface area contributed by atoms with Crippen molar-refractivity contribution in [2.75, 3.05) is 6.26 Å². The van der Waals surface area contributed by atoms with Gasteiger partial charge in [0.2, 0.25) is 0 Å². The molecule has 114 valence electrons. The Balaban J connectivity index is 1.97. The van der Waals surface area contributed by atoms with Gasteiger partial charge in [-0.2, -0.15) is 5.26 Å². The molecular formula is C15H14ClN3S3. The maximum absolute atomic E-state index is 8.64. The second-order valence-electron chi connectivity index (χ2n) is 4.17. The topological polar surface area (TPSA) is 48.2 Å². The molecule has 0 amide bonds. The highest BCUT2D eigenvalue weighted by atomic mass is 35.5. The Morgan fingerprint density at radius 3 is 2.82 bits per heavy atom. The van der Waals surface area contributed by atoms with Gasteiger partial charge in [-0.25, -0.2) is 0 Å². The average Bonchev–Trinajstić information content (AvgIpc) is 2.98. The van der Waals surface area contributed by atoms with Gasteiger partial charge in [-0.05, 0) is 47.5 Å². The Hall–Kier alpha value is -1.13. The van der Waals surface area contributed by atoms with Gasteiger partial charge in [0.15, 0.2) is 11.4 Å². The van der Waals surface area contributed by atoms with Crippen molar-refractivity contribution in [2.45, 2.75) is 17.2 Å². The third-order valence-corrected chi connectivity index (χ3v) is 5.65. The third kappa shape index (κ3) is 5.25. The summed E-state index contributed by atoms with van der Waals surface area (Å²) in [5, 5.41) is 14.7. The SMILES string of the molecule is CSC(=NCc1sccc1CSc1ccc(Cl)cc1)NC#N. The van der Waals surface area contributed by atoms with E-state index in [1.807, 2.05) is 36.7 Å². The van der Waals surface area contributed by atoms with Crippen LogP contribution in [0.25, 0.3) is 0 Å². The minimum Gasteiger partial charge on any atom is -0.272 e. The highest BCUT2D eigenvalue weighted by Gasteiger charge is 2.06. The van der Waals surface area contributed by atoms with E-state index in [1.165, 1.54) is 27.1 Å². The fourth-order valence-corrected chi connectivity index (χ4v) is 3.98. The molecule has 1 aromatic carbocycles. The average molecular weight is 368 g/mol. The Bertz CT molecular complexity index is 674. The zero-order chi connectivity index (χ0) is 15.8. The summed E-state index contributed by atoms with van der Waals surface area (Å²) < 4.78 is 0. The summed E-state index contributed by atoms with van der Waals surface area (Å²) in [4.78, 5) is 6.86. The number of halogens is 1. The number of hydrogen-bond acceptors (Lipinski definition) is 5. The van der Waals surface area contributed by atoms with Crippen molar-refractivity contribution >= 4 is 51.6 Å². The minimum absolute atomic E-state index is 0.596. The number of amidine groups is 1. The first-order valence-electron chi connectivity index (χ1n) is 6.40. The largest absolute Gasteiger partial charge is 0.272 e. The van der Waals surface area contributed by atoms with Crippen LogP contribution >= 0.6 is 46.5 Å². The molecule has 0 bridgehead atoms. The van der Waals surface area contributed by atoms with E-state index in [0.717, 1.165) is 10.8 Å². The quantitative estimate of drug-likeness (QED) is 0.266. The van der Waals surface area contributed by atoms with Crippen LogP contribution in [0.4, 0.5) is 0 Å². The van der Waals surface area contributed by atoms with E-state index in [-0.39, 0.29) is 0 Å². The molecule has 3 nitrogen and oxygen atoms in total. The van der Waals surface area contributed by atoms with Gasteiger partial charge in [-0.3, -0.25) is 10.3 Å². The summed E-state index contributed by atoms with van der Waals surface area (Å²) in [6.07, 6.45) is 3.80. The van der Waals surface area contributed by atoms with Crippen molar-refractivity contribution in [3.63, 3.8) is 0 Å². The zero-order valence-corrected chi connectivity index (χ0v) is 15.1. The van der Waals surface area contributed by atoms with Crippen LogP contribution < -0.4 is 5.32 Å². The van der Waals surface area contributed by atoms with Crippen LogP contribution in [0.5, 0.6) is 0 Å². The molecule has 0 saturated heterocycles. The molecule has 22 heavy (non-hydrogen) atoms. The van der Waals surface area contributed by atoms with Crippen molar-refractivity contribution in [1.82, 2.24) is 5.32 Å². The predicted molar refractivity (Wildman–Crippen MR) is 98.7 cm³/mol. The number of rotatable bonds is 5. The van der Waals surface area contributed by atoms with Gasteiger partial charge in [0.1, 0.15) is 0 Å². The van der Waals surface area contributed by atoms with Gasteiger partial charge in [-0.15, -0.1) is 23.1 Å². The molecule has 0 unspecified atom stereocenters. The molecule has 2 aromatic rings. The lowest BCUT2D eigenvalue weighted by molar-refractivity contribution is 1.07. The molecule has 1 aromatic heterocycles. The van der Waals surface area contributed by atoms with Crippen molar-refractivity contribution in [3.05, 3.63) is 51.2 Å². The van der Waals surface area contributed by atoms with E-state index in [2.05, 4.69) is 21.8 Å². The predicted octanol–water partition coefficient (Wildman–Crippen LogP) is 4.98. The maximum atomic E-state index is 8.64. The first-order chi connectivity index (χ1) is 10.7. The number of thiophene rings is 1. The Morgan fingerprint density at radius 2 is 2.14 bits per heavy atom. The van der Waals surface area contributed by atoms with Crippen LogP contribution in [0.15, 0.2) is 45.6 Å². The van der Waals surface area contributed by atoms with Crippen LogP contribution in [0, 0.1) is 11.5 Å². The molecule has 2 rings (SSSR count). The maximum Gasteiger partial charge on any atom is 0.183 e. The third-order valence-electron chi connectivity index (χ3n) is 2.77. The fourth-order valence-electron chi connectivity index (χ4n) is 1.67. The van der Waals surface area contributed by atoms with Crippen LogP contribution in [0.2, 0.25) is 5.02 Å². The summed E-state index contributed by atoms with van der Waals surface area (Å²) in [7, 11) is 0. The number of hydrogen-bond donors (Lipinski definition) is 1. The van der Waals surface area contributed by atoms with Gasteiger partial charge in [0.25, 0.3) is 0 Å². The van der Waals surface area contributed by atoms with Gasteiger partial charge in [0, 0.05) is 20.5 Å². The lowest BCUT2D eigenvalue weighted by Crippen LogP contribution is -2.13. The normalized spacial score (nSPS) is 11.2. The Kier molecular flexibility index (Phi) is 7.13. The monoisotopic (exact) mass is 367 g/mol. The summed E-state index contributed by atoms with van der Waals surface area (Å²) in [6, 6.07) is 10.00. The van der Waals surface area contributed by atoms with Crippen molar-refractivity contribution in [1.29, 1.82) is 5.26 Å². The van der Waals surface area contributed by atoms with Gasteiger partial charge in [0.05, 0.1) is 6.54 Å². The molecule has 0 atom stereocenters. The number of nitrogens with zero attached hydrogens (tertiary/aromatic N) is 2. The molecular weight excluding hydrogens is 354 g/mol. The van der Waals surface area contributed by atoms with Crippen LogP contribution in [0.1, 0.15) is 10.4 Å². The molecule has 0 fully saturated rings. The second kappa shape index (κ2) is 9.11. The van der Waals surface area contributed by atoms with Gasteiger partial charge >= 0.3 is 0 Å². The summed E-state index contributed by atoms with van der Waals surface area (Å²) in [6.45, 7) is 0.596. The first-order valence-corrected chi connectivity index (χ1v) is 9.87. The van der Waals surface area contributed by atoms with Crippen molar-refractivity contribution in [3.8, 4) is 6.19 Å². The van der Waals surface area contributed by atoms with Crippen molar-refractivity contribution < 1.29 is 0 Å². The van der Waals surface area contributed by atoms with E-state index < -0.39 is 0 Å². The van der Waals surface area contributed by atoms with E-state index in [1.54, 1.807) is 23.1 Å². The van der Waals surface area contributed by atoms with Gasteiger partial charge < -0.3 is 0 Å². The number of nitriles is 1. The molecule has 7 heteroatoms. The molecule has 1 N–H and O–H groups in total.